The number of rotatable bonds is 3. The van der Waals surface area contributed by atoms with E-state index >= 15 is 0 Å². The molecule has 3 nitrogen and oxygen atoms in total. The van der Waals surface area contributed by atoms with Crippen molar-refractivity contribution in [3.05, 3.63) is 35.5 Å². The van der Waals surface area contributed by atoms with Crippen molar-refractivity contribution in [1.29, 1.82) is 0 Å². The molecule has 3 aliphatic rings. The van der Waals surface area contributed by atoms with E-state index in [-0.39, 0.29) is 12.2 Å². The number of quaternary nitrogens is 1. The minimum Gasteiger partial charge on any atom is -0.491 e. The molecule has 108 valence electrons. The zero-order valence-electron chi connectivity index (χ0n) is 12.3. The van der Waals surface area contributed by atoms with Crippen molar-refractivity contribution in [1.82, 2.24) is 0 Å². The van der Waals surface area contributed by atoms with Crippen molar-refractivity contribution in [2.24, 2.45) is 5.92 Å². The first-order valence-electron chi connectivity index (χ1n) is 7.65. The van der Waals surface area contributed by atoms with Crippen LogP contribution in [-0.2, 0) is 0 Å². The van der Waals surface area contributed by atoms with Crippen molar-refractivity contribution < 1.29 is 14.7 Å². The maximum atomic E-state index is 10.4. The van der Waals surface area contributed by atoms with E-state index in [4.69, 9.17) is 4.74 Å². The number of fused-ring (bicyclic) bond motifs is 3. The molecule has 1 aromatic rings. The number of hydrogen-bond donors (Lipinski definition) is 2. The van der Waals surface area contributed by atoms with Gasteiger partial charge in [0.15, 0.2) is 0 Å². The predicted octanol–water partition coefficient (Wildman–Crippen LogP) is 1.48. The molecule has 0 radical (unpaired) electrons. The van der Waals surface area contributed by atoms with Crippen LogP contribution in [-0.4, -0.2) is 30.4 Å². The summed E-state index contributed by atoms with van der Waals surface area (Å²) in [5.74, 6) is 1.38. The second-order valence-electron chi connectivity index (χ2n) is 6.22. The number of hydrogen-bond acceptors (Lipinski definition) is 2. The lowest BCUT2D eigenvalue weighted by molar-refractivity contribution is -0.880. The summed E-state index contributed by atoms with van der Waals surface area (Å²) in [4.78, 5) is 1.46. The maximum Gasteiger partial charge on any atom is 0.137 e. The van der Waals surface area contributed by atoms with Crippen molar-refractivity contribution in [3.8, 4) is 5.75 Å². The normalized spacial score (nSPS) is 31.0. The SMILES string of the molecule is CC(C)Oc1ccc(/C=C2\[C@@H](O)C3CC[NH+]2CC3)cc1. The van der Waals surface area contributed by atoms with E-state index in [0.717, 1.165) is 24.2 Å². The van der Waals surface area contributed by atoms with Gasteiger partial charge in [0.2, 0.25) is 0 Å². The Bertz CT molecular complexity index is 480. The van der Waals surface area contributed by atoms with E-state index in [1.54, 1.807) is 0 Å². The van der Waals surface area contributed by atoms with Gasteiger partial charge in [0.25, 0.3) is 0 Å². The second kappa shape index (κ2) is 5.58. The van der Waals surface area contributed by atoms with Gasteiger partial charge in [-0.15, -0.1) is 0 Å². The smallest absolute Gasteiger partial charge is 0.137 e. The van der Waals surface area contributed by atoms with Gasteiger partial charge >= 0.3 is 0 Å². The highest BCUT2D eigenvalue weighted by molar-refractivity contribution is 5.53. The van der Waals surface area contributed by atoms with Crippen LogP contribution in [0.4, 0.5) is 0 Å². The monoisotopic (exact) mass is 274 g/mol. The van der Waals surface area contributed by atoms with Crippen molar-refractivity contribution in [3.63, 3.8) is 0 Å². The quantitative estimate of drug-likeness (QED) is 0.875. The number of aliphatic hydroxyl groups is 1. The molecule has 0 saturated carbocycles. The van der Waals surface area contributed by atoms with Gasteiger partial charge in [0.05, 0.1) is 19.2 Å². The van der Waals surface area contributed by atoms with Crippen molar-refractivity contribution in [2.45, 2.75) is 38.9 Å². The number of ether oxygens (including phenoxy) is 1. The topological polar surface area (TPSA) is 33.9 Å². The largest absolute Gasteiger partial charge is 0.491 e. The predicted molar refractivity (Wildman–Crippen MR) is 79.6 cm³/mol. The lowest BCUT2D eigenvalue weighted by atomic mass is 9.83. The molecule has 0 aromatic heterocycles. The fraction of sp³-hybridized carbons (Fsp3) is 0.529. The van der Waals surface area contributed by atoms with Crippen LogP contribution in [0.3, 0.4) is 0 Å². The third kappa shape index (κ3) is 2.74. The Balaban J connectivity index is 1.78. The van der Waals surface area contributed by atoms with E-state index in [1.165, 1.54) is 23.7 Å². The molecule has 0 unspecified atom stereocenters. The zero-order valence-corrected chi connectivity index (χ0v) is 12.3. The molecule has 3 saturated heterocycles. The van der Waals surface area contributed by atoms with Crippen LogP contribution < -0.4 is 9.64 Å². The average Bonchev–Trinajstić information content (AvgIpc) is 2.44. The lowest BCUT2D eigenvalue weighted by Gasteiger charge is -2.41. The highest BCUT2D eigenvalue weighted by atomic mass is 16.5. The van der Waals surface area contributed by atoms with E-state index < -0.39 is 0 Å². The summed E-state index contributed by atoms with van der Waals surface area (Å²) in [7, 11) is 0. The molecule has 3 aliphatic heterocycles. The molecule has 0 amide bonds. The van der Waals surface area contributed by atoms with E-state index in [0.29, 0.717) is 5.92 Å². The Kier molecular flexibility index (Phi) is 3.81. The maximum absolute atomic E-state index is 10.4. The summed E-state index contributed by atoms with van der Waals surface area (Å²) in [5.41, 5.74) is 2.32. The standard InChI is InChI=1S/C17H23NO2/c1-12(2)20-15-5-3-13(4-6-15)11-16-17(19)14-7-9-18(16)10-8-14/h3-6,11-12,14,17,19H,7-10H2,1-2H3/p+1/b16-11+/t17-/m0/s1. The molecular formula is C17H24NO2+. The molecular weight excluding hydrogens is 250 g/mol. The van der Waals surface area contributed by atoms with Gasteiger partial charge in [0.1, 0.15) is 17.6 Å². The lowest BCUT2D eigenvalue weighted by Crippen LogP contribution is -3.14. The zero-order chi connectivity index (χ0) is 14.1. The van der Waals surface area contributed by atoms with Crippen molar-refractivity contribution in [2.75, 3.05) is 13.1 Å². The Labute approximate surface area is 120 Å². The Morgan fingerprint density at radius 2 is 1.85 bits per heavy atom. The highest BCUT2D eigenvalue weighted by Crippen LogP contribution is 2.25. The first-order valence-corrected chi connectivity index (χ1v) is 7.65. The van der Waals surface area contributed by atoms with Gasteiger partial charge < -0.3 is 14.7 Å². The molecule has 2 bridgehead atoms. The molecule has 3 heteroatoms. The fourth-order valence-electron chi connectivity index (χ4n) is 3.34. The van der Waals surface area contributed by atoms with Crippen LogP contribution in [0.5, 0.6) is 5.75 Å². The molecule has 1 aromatic carbocycles. The van der Waals surface area contributed by atoms with Gasteiger partial charge in [-0.1, -0.05) is 12.1 Å². The summed E-state index contributed by atoms with van der Waals surface area (Å²) < 4.78 is 5.65. The van der Waals surface area contributed by atoms with Gasteiger partial charge in [0, 0.05) is 24.8 Å². The summed E-state index contributed by atoms with van der Waals surface area (Å²) in [6, 6.07) is 8.15. The number of aliphatic hydroxyl groups excluding tert-OH is 1. The molecule has 0 spiro atoms. The Hall–Kier alpha value is -1.32. The third-order valence-electron chi connectivity index (χ3n) is 4.38. The Morgan fingerprint density at radius 1 is 1.20 bits per heavy atom. The summed E-state index contributed by atoms with van der Waals surface area (Å²) in [5, 5.41) is 10.4. The average molecular weight is 274 g/mol. The summed E-state index contributed by atoms with van der Waals surface area (Å²) in [6.07, 6.45) is 4.43. The molecule has 3 heterocycles. The van der Waals surface area contributed by atoms with Crippen LogP contribution >= 0.6 is 0 Å². The fourth-order valence-corrected chi connectivity index (χ4v) is 3.34. The third-order valence-corrected chi connectivity index (χ3v) is 4.38. The summed E-state index contributed by atoms with van der Waals surface area (Å²) in [6.45, 7) is 6.40. The van der Waals surface area contributed by atoms with Crippen molar-refractivity contribution >= 4 is 6.08 Å². The summed E-state index contributed by atoms with van der Waals surface area (Å²) >= 11 is 0. The number of piperidine rings is 3. The Morgan fingerprint density at radius 3 is 2.40 bits per heavy atom. The minimum atomic E-state index is -0.251. The van der Waals surface area contributed by atoms with Crippen LogP contribution in [0.15, 0.2) is 30.0 Å². The number of nitrogens with one attached hydrogen (secondary N) is 1. The van der Waals surface area contributed by atoms with E-state index in [9.17, 15) is 5.11 Å². The molecule has 20 heavy (non-hydrogen) atoms. The first-order chi connectivity index (χ1) is 9.63. The van der Waals surface area contributed by atoms with Crippen LogP contribution in [0.1, 0.15) is 32.3 Å². The molecule has 1 atom stereocenters. The first kappa shape index (κ1) is 13.7. The molecule has 0 aliphatic carbocycles. The molecule has 2 N–H and O–H groups in total. The van der Waals surface area contributed by atoms with Gasteiger partial charge in [-0.05, 0) is 31.5 Å². The van der Waals surface area contributed by atoms with Gasteiger partial charge in [-0.3, -0.25) is 0 Å². The van der Waals surface area contributed by atoms with Gasteiger partial charge in [-0.25, -0.2) is 0 Å². The molecule has 4 rings (SSSR count). The van der Waals surface area contributed by atoms with Gasteiger partial charge in [-0.2, -0.15) is 0 Å². The number of benzene rings is 1. The van der Waals surface area contributed by atoms with Crippen LogP contribution in [0.2, 0.25) is 0 Å². The van der Waals surface area contributed by atoms with Crippen LogP contribution in [0, 0.1) is 5.92 Å². The van der Waals surface area contributed by atoms with Crippen LogP contribution in [0.25, 0.3) is 6.08 Å². The van der Waals surface area contributed by atoms with E-state index in [2.05, 4.69) is 18.2 Å². The highest BCUT2D eigenvalue weighted by Gasteiger charge is 2.40. The molecule has 3 fully saturated rings. The second-order valence-corrected chi connectivity index (χ2v) is 6.22. The van der Waals surface area contributed by atoms with E-state index in [1.807, 2.05) is 26.0 Å². The minimum absolute atomic E-state index is 0.200.